The minimum absolute atomic E-state index is 0.112. The number of amides is 1. The smallest absolute Gasteiger partial charge is 0.255 e. The molecule has 2 aromatic carbocycles. The highest BCUT2D eigenvalue weighted by molar-refractivity contribution is 5.98. The van der Waals surface area contributed by atoms with E-state index in [4.69, 9.17) is 4.74 Å². The number of hydrogen-bond acceptors (Lipinski definition) is 4. The molecule has 0 saturated carbocycles. The number of halogens is 1. The van der Waals surface area contributed by atoms with Gasteiger partial charge in [-0.15, -0.1) is 0 Å². The minimum atomic E-state index is -0.783. The number of alkyl halides is 1. The molecule has 1 atom stereocenters. The number of fused-ring (bicyclic) bond motifs is 1. The van der Waals surface area contributed by atoms with Gasteiger partial charge < -0.3 is 10.1 Å². The Morgan fingerprint density at radius 2 is 2.12 bits per heavy atom. The van der Waals surface area contributed by atoms with Crippen molar-refractivity contribution < 1.29 is 13.9 Å². The molecule has 1 aromatic heterocycles. The topological polar surface area (TPSA) is 59.4 Å². The SMILES string of the molecule is Cc1c(Cc2ccc(-n3cccn3)cc2)cc2c(c1CN1CC[C@@H](F)C1)OCCNC2=O. The first-order valence-corrected chi connectivity index (χ1v) is 11.1. The van der Waals surface area contributed by atoms with Crippen molar-refractivity contribution >= 4 is 5.91 Å². The molecule has 166 valence electrons. The van der Waals surface area contributed by atoms with Crippen molar-refractivity contribution in [2.45, 2.75) is 32.5 Å². The van der Waals surface area contributed by atoms with Gasteiger partial charge in [0.05, 0.1) is 17.8 Å². The van der Waals surface area contributed by atoms with Crippen LogP contribution in [-0.4, -0.2) is 53.0 Å². The fraction of sp³-hybridized carbons (Fsp3) is 0.360. The van der Waals surface area contributed by atoms with Crippen molar-refractivity contribution in [1.29, 1.82) is 0 Å². The van der Waals surface area contributed by atoms with E-state index in [2.05, 4.69) is 34.4 Å². The third kappa shape index (κ3) is 4.12. The van der Waals surface area contributed by atoms with Crippen molar-refractivity contribution in [2.75, 3.05) is 26.2 Å². The highest BCUT2D eigenvalue weighted by atomic mass is 19.1. The lowest BCUT2D eigenvalue weighted by Crippen LogP contribution is -2.24. The van der Waals surface area contributed by atoms with Crippen LogP contribution in [0, 0.1) is 6.92 Å². The molecule has 3 heterocycles. The highest BCUT2D eigenvalue weighted by Crippen LogP contribution is 2.34. The Morgan fingerprint density at radius 1 is 1.28 bits per heavy atom. The first-order chi connectivity index (χ1) is 15.6. The van der Waals surface area contributed by atoms with E-state index in [0.717, 1.165) is 34.5 Å². The van der Waals surface area contributed by atoms with Crippen LogP contribution >= 0.6 is 0 Å². The van der Waals surface area contributed by atoms with Crippen LogP contribution in [0.5, 0.6) is 5.75 Å². The number of hydrogen-bond donors (Lipinski definition) is 1. The van der Waals surface area contributed by atoms with E-state index in [1.54, 1.807) is 6.20 Å². The zero-order chi connectivity index (χ0) is 22.1. The van der Waals surface area contributed by atoms with Crippen LogP contribution in [-0.2, 0) is 13.0 Å². The third-order valence-corrected chi connectivity index (χ3v) is 6.35. The minimum Gasteiger partial charge on any atom is -0.491 e. The second-order valence-corrected chi connectivity index (χ2v) is 8.54. The second-order valence-electron chi connectivity index (χ2n) is 8.54. The molecule has 1 N–H and O–H groups in total. The van der Waals surface area contributed by atoms with Gasteiger partial charge in [-0.1, -0.05) is 12.1 Å². The third-order valence-electron chi connectivity index (χ3n) is 6.35. The number of aromatic nitrogens is 2. The predicted molar refractivity (Wildman–Crippen MR) is 120 cm³/mol. The standard InChI is InChI=1S/C25H27FN4O2/c1-17-19(13-18-3-5-21(6-4-18)30-10-2-8-28-30)14-22-24(32-12-9-27-25(22)31)23(17)16-29-11-7-20(26)15-29/h2-6,8,10,14,20H,7,9,11-13,15-16H2,1H3,(H,27,31)/t20-/m1/s1. The molecule has 1 fully saturated rings. The summed E-state index contributed by atoms with van der Waals surface area (Å²) in [4.78, 5) is 14.9. The van der Waals surface area contributed by atoms with Gasteiger partial charge in [-0.2, -0.15) is 5.10 Å². The summed E-state index contributed by atoms with van der Waals surface area (Å²) in [7, 11) is 0. The first kappa shape index (κ1) is 20.7. The molecule has 5 rings (SSSR count). The Morgan fingerprint density at radius 3 is 2.84 bits per heavy atom. The van der Waals surface area contributed by atoms with Crippen LogP contribution in [0.3, 0.4) is 0 Å². The average molecular weight is 435 g/mol. The van der Waals surface area contributed by atoms with E-state index >= 15 is 0 Å². The predicted octanol–water partition coefficient (Wildman–Crippen LogP) is 3.44. The number of nitrogens with one attached hydrogen (secondary N) is 1. The lowest BCUT2D eigenvalue weighted by atomic mass is 9.92. The summed E-state index contributed by atoms with van der Waals surface area (Å²) in [5, 5.41) is 7.19. The van der Waals surface area contributed by atoms with Gasteiger partial charge in [0.15, 0.2) is 0 Å². The lowest BCUT2D eigenvalue weighted by Gasteiger charge is -2.22. The van der Waals surface area contributed by atoms with Gasteiger partial charge in [-0.25, -0.2) is 9.07 Å². The summed E-state index contributed by atoms with van der Waals surface area (Å²) in [6.45, 7) is 4.74. The van der Waals surface area contributed by atoms with Crippen molar-refractivity contribution in [1.82, 2.24) is 20.0 Å². The first-order valence-electron chi connectivity index (χ1n) is 11.1. The maximum atomic E-state index is 13.8. The molecule has 1 saturated heterocycles. The van der Waals surface area contributed by atoms with Gasteiger partial charge in [-0.3, -0.25) is 9.69 Å². The Balaban J connectivity index is 1.49. The molecular weight excluding hydrogens is 407 g/mol. The van der Waals surface area contributed by atoms with Crippen LogP contribution in [0.1, 0.15) is 39.0 Å². The Kier molecular flexibility index (Phi) is 5.66. The molecule has 0 radical (unpaired) electrons. The van der Waals surface area contributed by atoms with Crippen molar-refractivity contribution in [3.05, 3.63) is 76.6 Å². The summed E-state index contributed by atoms with van der Waals surface area (Å²) in [6.07, 6.45) is 4.15. The molecule has 32 heavy (non-hydrogen) atoms. The van der Waals surface area contributed by atoms with Crippen molar-refractivity contribution in [3.63, 3.8) is 0 Å². The van der Waals surface area contributed by atoms with Crippen LogP contribution in [0.15, 0.2) is 48.8 Å². The van der Waals surface area contributed by atoms with Crippen molar-refractivity contribution in [3.8, 4) is 11.4 Å². The van der Waals surface area contributed by atoms with E-state index in [1.807, 2.05) is 35.1 Å². The normalized spacial score (nSPS) is 18.7. The van der Waals surface area contributed by atoms with Gasteiger partial charge >= 0.3 is 0 Å². The molecule has 0 spiro atoms. The number of likely N-dealkylation sites (tertiary alicyclic amines) is 1. The number of rotatable bonds is 5. The molecule has 2 aliphatic rings. The second kappa shape index (κ2) is 8.74. The molecule has 2 aliphatic heterocycles. The van der Waals surface area contributed by atoms with E-state index in [0.29, 0.717) is 50.4 Å². The molecule has 0 aliphatic carbocycles. The monoisotopic (exact) mass is 434 g/mol. The van der Waals surface area contributed by atoms with Gasteiger partial charge in [0.1, 0.15) is 18.5 Å². The van der Waals surface area contributed by atoms with Gasteiger partial charge in [0.2, 0.25) is 0 Å². The number of benzene rings is 2. The van der Waals surface area contributed by atoms with Crippen LogP contribution in [0.2, 0.25) is 0 Å². The fourth-order valence-corrected chi connectivity index (χ4v) is 4.56. The highest BCUT2D eigenvalue weighted by Gasteiger charge is 2.27. The van der Waals surface area contributed by atoms with Gasteiger partial charge in [0.25, 0.3) is 5.91 Å². The quantitative estimate of drug-likeness (QED) is 0.668. The summed E-state index contributed by atoms with van der Waals surface area (Å²) >= 11 is 0. The molecule has 1 amide bonds. The lowest BCUT2D eigenvalue weighted by molar-refractivity contribution is 0.0957. The number of carbonyl (C=O) groups excluding carboxylic acids is 1. The molecule has 0 unspecified atom stereocenters. The summed E-state index contributed by atoms with van der Waals surface area (Å²) in [5.74, 6) is 0.538. The zero-order valence-corrected chi connectivity index (χ0v) is 18.2. The Hall–Kier alpha value is -3.19. The Bertz CT molecular complexity index is 1110. The molecular formula is C25H27FN4O2. The zero-order valence-electron chi connectivity index (χ0n) is 18.2. The number of carbonyl (C=O) groups is 1. The van der Waals surface area contributed by atoms with Crippen LogP contribution < -0.4 is 10.1 Å². The van der Waals surface area contributed by atoms with Crippen LogP contribution in [0.4, 0.5) is 4.39 Å². The number of nitrogens with zero attached hydrogens (tertiary/aromatic N) is 3. The summed E-state index contributed by atoms with van der Waals surface area (Å²) in [6, 6.07) is 12.1. The van der Waals surface area contributed by atoms with Gasteiger partial charge in [0, 0.05) is 37.6 Å². The van der Waals surface area contributed by atoms with E-state index in [9.17, 15) is 9.18 Å². The largest absolute Gasteiger partial charge is 0.491 e. The van der Waals surface area contributed by atoms with E-state index in [-0.39, 0.29) is 5.91 Å². The molecule has 0 bridgehead atoms. The molecule has 6 nitrogen and oxygen atoms in total. The maximum absolute atomic E-state index is 13.8. The van der Waals surface area contributed by atoms with Crippen molar-refractivity contribution in [2.24, 2.45) is 0 Å². The molecule has 7 heteroatoms. The average Bonchev–Trinajstić information content (AvgIpc) is 3.43. The van der Waals surface area contributed by atoms with E-state index < -0.39 is 6.17 Å². The van der Waals surface area contributed by atoms with E-state index in [1.165, 1.54) is 0 Å². The van der Waals surface area contributed by atoms with Crippen LogP contribution in [0.25, 0.3) is 5.69 Å². The Labute approximate surface area is 187 Å². The number of ether oxygens (including phenoxy) is 1. The summed E-state index contributed by atoms with van der Waals surface area (Å²) < 4.78 is 21.6. The molecule has 3 aromatic rings. The summed E-state index contributed by atoms with van der Waals surface area (Å²) in [5.41, 5.74) is 5.91. The maximum Gasteiger partial charge on any atom is 0.255 e. The van der Waals surface area contributed by atoms with Gasteiger partial charge in [-0.05, 0) is 60.7 Å². The fourth-order valence-electron chi connectivity index (χ4n) is 4.56.